The van der Waals surface area contributed by atoms with Crippen LogP contribution in [-0.4, -0.2) is 31.1 Å². The molecule has 1 heterocycles. The molecule has 1 atom stereocenters. The first-order chi connectivity index (χ1) is 8.25. The molecule has 0 spiro atoms. The molecule has 1 aliphatic rings. The van der Waals surface area contributed by atoms with Gasteiger partial charge in [0, 0.05) is 17.1 Å². The first kappa shape index (κ1) is 13.1. The molecule has 2 nitrogen and oxygen atoms in total. The maximum absolute atomic E-state index is 3.60. The zero-order valence-corrected chi connectivity index (χ0v) is 12.0. The Hall–Kier alpha value is -0.380. The quantitative estimate of drug-likeness (QED) is 0.898. The van der Waals surface area contributed by atoms with Crippen LogP contribution < -0.4 is 5.32 Å². The van der Waals surface area contributed by atoms with Gasteiger partial charge in [0.1, 0.15) is 0 Å². The van der Waals surface area contributed by atoms with Crippen LogP contribution in [0.15, 0.2) is 28.7 Å². The monoisotopic (exact) mass is 296 g/mol. The van der Waals surface area contributed by atoms with E-state index in [2.05, 4.69) is 57.5 Å². The van der Waals surface area contributed by atoms with Crippen LogP contribution >= 0.6 is 15.9 Å². The van der Waals surface area contributed by atoms with Gasteiger partial charge in [-0.2, -0.15) is 0 Å². The third-order valence-corrected chi connectivity index (χ3v) is 4.19. The molecule has 1 aromatic carbocycles. The fourth-order valence-corrected chi connectivity index (χ4v) is 2.79. The predicted molar refractivity (Wildman–Crippen MR) is 76.1 cm³/mol. The summed E-state index contributed by atoms with van der Waals surface area (Å²) in [7, 11) is 2.20. The molecule has 2 rings (SSSR count). The number of halogens is 1. The van der Waals surface area contributed by atoms with E-state index in [0.717, 1.165) is 12.6 Å². The smallest absolute Gasteiger partial charge is 0.0241 e. The molecule has 0 aliphatic carbocycles. The molecule has 0 aromatic heterocycles. The van der Waals surface area contributed by atoms with E-state index in [4.69, 9.17) is 0 Å². The number of nitrogens with zero attached hydrogens (tertiary/aromatic N) is 1. The molecule has 1 unspecified atom stereocenters. The van der Waals surface area contributed by atoms with Crippen molar-refractivity contribution < 1.29 is 0 Å². The van der Waals surface area contributed by atoms with Crippen molar-refractivity contribution in [3.63, 3.8) is 0 Å². The van der Waals surface area contributed by atoms with Crippen LogP contribution in [0.1, 0.15) is 24.8 Å². The maximum atomic E-state index is 3.60. The Morgan fingerprint density at radius 2 is 2.24 bits per heavy atom. The molecule has 3 heteroatoms. The zero-order valence-electron chi connectivity index (χ0n) is 10.5. The Labute approximate surface area is 113 Å². The van der Waals surface area contributed by atoms with Crippen molar-refractivity contribution in [2.75, 3.05) is 20.1 Å². The first-order valence-corrected chi connectivity index (χ1v) is 7.20. The minimum atomic E-state index is 0.747. The van der Waals surface area contributed by atoms with E-state index in [9.17, 15) is 0 Å². The standard InChI is InChI=1S/C14H21BrN2/c1-17(10-8-13-6-4-9-16-13)11-12-5-2-3-7-14(12)15/h2-3,5,7,13,16H,4,6,8-11H2,1H3. The molecule has 94 valence electrons. The van der Waals surface area contributed by atoms with E-state index >= 15 is 0 Å². The maximum Gasteiger partial charge on any atom is 0.0241 e. The second kappa shape index (κ2) is 6.53. The van der Waals surface area contributed by atoms with Gasteiger partial charge in [-0.15, -0.1) is 0 Å². The van der Waals surface area contributed by atoms with Gasteiger partial charge in [0.25, 0.3) is 0 Å². The summed E-state index contributed by atoms with van der Waals surface area (Å²) in [6, 6.07) is 9.22. The molecule has 1 fully saturated rings. The summed E-state index contributed by atoms with van der Waals surface area (Å²) in [5.41, 5.74) is 1.37. The summed E-state index contributed by atoms with van der Waals surface area (Å²) >= 11 is 3.60. The highest BCUT2D eigenvalue weighted by Crippen LogP contribution is 2.17. The lowest BCUT2D eigenvalue weighted by Gasteiger charge is -2.19. The normalized spacial score (nSPS) is 20.1. The molecular weight excluding hydrogens is 276 g/mol. The van der Waals surface area contributed by atoms with Crippen LogP contribution in [0.5, 0.6) is 0 Å². The third kappa shape index (κ3) is 4.09. The predicted octanol–water partition coefficient (Wildman–Crippen LogP) is 3.02. The van der Waals surface area contributed by atoms with Crippen LogP contribution in [0.25, 0.3) is 0 Å². The summed E-state index contributed by atoms with van der Waals surface area (Å²) in [6.07, 6.45) is 3.96. The van der Waals surface area contributed by atoms with E-state index in [1.165, 1.54) is 42.4 Å². The summed E-state index contributed by atoms with van der Waals surface area (Å²) in [5.74, 6) is 0. The Morgan fingerprint density at radius 3 is 2.94 bits per heavy atom. The number of rotatable bonds is 5. The lowest BCUT2D eigenvalue weighted by atomic mass is 10.1. The van der Waals surface area contributed by atoms with Crippen molar-refractivity contribution in [3.8, 4) is 0 Å². The highest BCUT2D eigenvalue weighted by molar-refractivity contribution is 9.10. The number of benzene rings is 1. The molecule has 0 saturated carbocycles. The molecule has 0 amide bonds. The summed E-state index contributed by atoms with van der Waals surface area (Å²) in [5, 5.41) is 3.55. The van der Waals surface area contributed by atoms with E-state index in [1.807, 2.05) is 0 Å². The van der Waals surface area contributed by atoms with Gasteiger partial charge in [-0.1, -0.05) is 34.1 Å². The lowest BCUT2D eigenvalue weighted by Crippen LogP contribution is -2.28. The summed E-state index contributed by atoms with van der Waals surface area (Å²) < 4.78 is 1.21. The van der Waals surface area contributed by atoms with Crippen LogP contribution in [-0.2, 0) is 6.54 Å². The van der Waals surface area contributed by atoms with Crippen molar-refractivity contribution in [2.45, 2.75) is 31.8 Å². The second-order valence-electron chi connectivity index (χ2n) is 4.91. The zero-order chi connectivity index (χ0) is 12.1. The molecule has 1 saturated heterocycles. The summed E-state index contributed by atoms with van der Waals surface area (Å²) in [6.45, 7) is 3.39. The molecule has 0 radical (unpaired) electrons. The van der Waals surface area contributed by atoms with Gasteiger partial charge in [-0.05, 0) is 51.0 Å². The van der Waals surface area contributed by atoms with E-state index in [1.54, 1.807) is 0 Å². The molecule has 1 aromatic rings. The second-order valence-corrected chi connectivity index (χ2v) is 5.77. The van der Waals surface area contributed by atoms with Crippen molar-refractivity contribution in [3.05, 3.63) is 34.3 Å². The molecule has 1 aliphatic heterocycles. The largest absolute Gasteiger partial charge is 0.314 e. The number of hydrogen-bond acceptors (Lipinski definition) is 2. The van der Waals surface area contributed by atoms with Crippen LogP contribution in [0.2, 0.25) is 0 Å². The molecule has 1 N–H and O–H groups in total. The number of nitrogens with one attached hydrogen (secondary N) is 1. The Kier molecular flexibility index (Phi) is 5.01. The summed E-state index contributed by atoms with van der Waals surface area (Å²) in [4.78, 5) is 2.40. The van der Waals surface area contributed by atoms with Gasteiger partial charge in [-0.25, -0.2) is 0 Å². The Morgan fingerprint density at radius 1 is 1.41 bits per heavy atom. The first-order valence-electron chi connectivity index (χ1n) is 6.41. The molecular formula is C14H21BrN2. The fraction of sp³-hybridized carbons (Fsp3) is 0.571. The fourth-order valence-electron chi connectivity index (χ4n) is 2.38. The van der Waals surface area contributed by atoms with Gasteiger partial charge in [0.2, 0.25) is 0 Å². The van der Waals surface area contributed by atoms with E-state index in [-0.39, 0.29) is 0 Å². The van der Waals surface area contributed by atoms with Crippen LogP contribution in [0.3, 0.4) is 0 Å². The SMILES string of the molecule is CN(CCC1CCCN1)Cc1ccccc1Br. The van der Waals surface area contributed by atoms with Crippen molar-refractivity contribution in [2.24, 2.45) is 0 Å². The average molecular weight is 297 g/mol. The van der Waals surface area contributed by atoms with Crippen LogP contribution in [0.4, 0.5) is 0 Å². The van der Waals surface area contributed by atoms with Gasteiger partial charge in [-0.3, -0.25) is 0 Å². The van der Waals surface area contributed by atoms with Crippen molar-refractivity contribution >= 4 is 15.9 Å². The molecule has 0 bridgehead atoms. The van der Waals surface area contributed by atoms with Gasteiger partial charge in [0.05, 0.1) is 0 Å². The third-order valence-electron chi connectivity index (χ3n) is 3.42. The van der Waals surface area contributed by atoms with Gasteiger partial charge < -0.3 is 10.2 Å². The van der Waals surface area contributed by atoms with Gasteiger partial charge in [0.15, 0.2) is 0 Å². The highest BCUT2D eigenvalue weighted by atomic mass is 79.9. The van der Waals surface area contributed by atoms with Crippen molar-refractivity contribution in [1.29, 1.82) is 0 Å². The minimum Gasteiger partial charge on any atom is -0.314 e. The average Bonchev–Trinajstić information content (AvgIpc) is 2.82. The van der Waals surface area contributed by atoms with Crippen molar-refractivity contribution in [1.82, 2.24) is 10.2 Å². The van der Waals surface area contributed by atoms with Gasteiger partial charge >= 0.3 is 0 Å². The minimum absolute atomic E-state index is 0.747. The van der Waals surface area contributed by atoms with E-state index in [0.29, 0.717) is 0 Å². The Balaban J connectivity index is 1.76. The topological polar surface area (TPSA) is 15.3 Å². The Bertz CT molecular complexity index is 348. The highest BCUT2D eigenvalue weighted by Gasteiger charge is 2.14. The number of hydrogen-bond donors (Lipinski definition) is 1. The lowest BCUT2D eigenvalue weighted by molar-refractivity contribution is 0.305. The van der Waals surface area contributed by atoms with E-state index < -0.39 is 0 Å². The van der Waals surface area contributed by atoms with Crippen LogP contribution in [0, 0.1) is 0 Å². The molecule has 17 heavy (non-hydrogen) atoms.